The molecule has 0 saturated heterocycles. The number of hydrogen-bond acceptors (Lipinski definition) is 2. The summed E-state index contributed by atoms with van der Waals surface area (Å²) in [6.07, 6.45) is 13.0. The lowest BCUT2D eigenvalue weighted by atomic mass is 9.80. The van der Waals surface area contributed by atoms with Crippen molar-refractivity contribution in [3.8, 4) is 39.1 Å². The highest BCUT2D eigenvalue weighted by molar-refractivity contribution is 6.15. The number of fused-ring (bicyclic) bond motifs is 5. The van der Waals surface area contributed by atoms with Gasteiger partial charge < -0.3 is 0 Å². The number of benzene rings is 7. The molecule has 1 unspecified atom stereocenters. The van der Waals surface area contributed by atoms with Crippen LogP contribution < -0.4 is 0 Å². The molecule has 264 valence electrons. The van der Waals surface area contributed by atoms with Crippen LogP contribution >= 0.6 is 0 Å². The van der Waals surface area contributed by atoms with Gasteiger partial charge in [-0.1, -0.05) is 133 Å². The minimum atomic E-state index is -0.0353. The lowest BCUT2D eigenvalue weighted by Crippen LogP contribution is -2.02. The van der Waals surface area contributed by atoms with Crippen molar-refractivity contribution in [3.05, 3.63) is 204 Å². The van der Waals surface area contributed by atoms with Crippen LogP contribution in [0.15, 0.2) is 187 Å². The fraction of sp³-hybridized carbons (Fsp3) is 0.0566. The van der Waals surface area contributed by atoms with E-state index >= 15 is 0 Å². The maximum absolute atomic E-state index is 5.01. The Morgan fingerprint density at radius 1 is 0.536 bits per heavy atom. The van der Waals surface area contributed by atoms with Crippen LogP contribution in [0, 0.1) is 0 Å². The number of hydrogen-bond donors (Lipinski definition) is 0. The van der Waals surface area contributed by atoms with E-state index in [0.29, 0.717) is 0 Å². The highest BCUT2D eigenvalue weighted by Gasteiger charge is 2.23. The van der Waals surface area contributed by atoms with Gasteiger partial charge in [0.25, 0.3) is 0 Å². The molecule has 1 atom stereocenters. The number of aliphatic imine (C=N–C) groups is 1. The molecule has 2 aromatic heterocycles. The van der Waals surface area contributed by atoms with Gasteiger partial charge in [-0.25, -0.2) is 4.98 Å². The molecule has 7 aromatic carbocycles. The van der Waals surface area contributed by atoms with Gasteiger partial charge >= 0.3 is 0 Å². The summed E-state index contributed by atoms with van der Waals surface area (Å²) in [6, 6.07) is 59.2. The van der Waals surface area contributed by atoms with Crippen LogP contribution in [0.25, 0.3) is 83.4 Å². The normalized spacial score (nSPS) is 14.8. The van der Waals surface area contributed by atoms with E-state index in [9.17, 15) is 0 Å². The first-order chi connectivity index (χ1) is 27.8. The Labute approximate surface area is 326 Å². The number of nitrogens with zero attached hydrogens (tertiary/aromatic N) is 3. The van der Waals surface area contributed by atoms with Crippen molar-refractivity contribution in [3.63, 3.8) is 0 Å². The maximum Gasteiger partial charge on any atom is 0.145 e. The minimum Gasteiger partial charge on any atom is -0.294 e. The number of allylic oxidation sites excluding steroid dienone is 2. The standard InChI is InChI=1S/C53H37N3/c1-3-13-35(14-4-1)38-15-11-16-40(31-38)52-45-21-9-7-19-43(45)51(44-20-8-10-22-46(44)52)37-26-24-36(25-27-37)49-33-41(34-55-49)39-28-29-50-48(32-39)47-23-12-30-54-53(47)56(50)42-17-5-2-6-18-42/h1-9,11-21,23-34,49H,10,22H2. The molecule has 56 heavy (non-hydrogen) atoms. The molecule has 1 aliphatic heterocycles. The van der Waals surface area contributed by atoms with Crippen molar-refractivity contribution < 1.29 is 0 Å². The highest BCUT2D eigenvalue weighted by Crippen LogP contribution is 2.45. The number of pyridine rings is 1. The van der Waals surface area contributed by atoms with Gasteiger partial charge in [0.05, 0.1) is 11.6 Å². The molecule has 1 aliphatic carbocycles. The molecule has 0 fully saturated rings. The van der Waals surface area contributed by atoms with Crippen molar-refractivity contribution in [2.24, 2.45) is 4.99 Å². The number of para-hydroxylation sites is 1. The second-order valence-corrected chi connectivity index (χ2v) is 14.8. The molecule has 0 amide bonds. The number of aromatic nitrogens is 2. The van der Waals surface area contributed by atoms with Gasteiger partial charge in [-0.3, -0.25) is 9.56 Å². The topological polar surface area (TPSA) is 30.2 Å². The quantitative estimate of drug-likeness (QED) is 0.169. The van der Waals surface area contributed by atoms with E-state index in [2.05, 4.69) is 181 Å². The second kappa shape index (κ2) is 13.3. The zero-order valence-electron chi connectivity index (χ0n) is 30.8. The summed E-state index contributed by atoms with van der Waals surface area (Å²) < 4.78 is 2.25. The summed E-state index contributed by atoms with van der Waals surface area (Å²) in [4.78, 5) is 9.80. The van der Waals surface area contributed by atoms with E-state index in [-0.39, 0.29) is 6.04 Å². The summed E-state index contributed by atoms with van der Waals surface area (Å²) in [7, 11) is 0. The summed E-state index contributed by atoms with van der Waals surface area (Å²) in [5.74, 6) is 0. The van der Waals surface area contributed by atoms with Crippen molar-refractivity contribution in [2.45, 2.75) is 18.9 Å². The lowest BCUT2D eigenvalue weighted by molar-refractivity contribution is 0.937. The van der Waals surface area contributed by atoms with E-state index in [4.69, 9.17) is 9.98 Å². The third kappa shape index (κ3) is 5.35. The molecule has 0 saturated carbocycles. The Kier molecular flexibility index (Phi) is 7.70. The van der Waals surface area contributed by atoms with Crippen LogP contribution in [0.2, 0.25) is 0 Å². The Hall–Kier alpha value is -7.10. The second-order valence-electron chi connectivity index (χ2n) is 14.8. The summed E-state index contributed by atoms with van der Waals surface area (Å²) >= 11 is 0. The predicted octanol–water partition coefficient (Wildman–Crippen LogP) is 13.5. The molecule has 3 heteroatoms. The summed E-state index contributed by atoms with van der Waals surface area (Å²) in [5.41, 5.74) is 17.1. The van der Waals surface area contributed by atoms with Crippen molar-refractivity contribution in [1.82, 2.24) is 9.55 Å². The minimum absolute atomic E-state index is 0.0353. The largest absolute Gasteiger partial charge is 0.294 e. The molecular weight excluding hydrogens is 679 g/mol. The lowest BCUT2D eigenvalue weighted by Gasteiger charge is -2.24. The first-order valence-electron chi connectivity index (χ1n) is 19.5. The van der Waals surface area contributed by atoms with Crippen LogP contribution in [0.3, 0.4) is 0 Å². The fourth-order valence-corrected chi connectivity index (χ4v) is 8.99. The Balaban J connectivity index is 0.955. The van der Waals surface area contributed by atoms with E-state index in [1.54, 1.807) is 0 Å². The molecule has 11 rings (SSSR count). The van der Waals surface area contributed by atoms with Gasteiger partial charge in [-0.15, -0.1) is 0 Å². The summed E-state index contributed by atoms with van der Waals surface area (Å²) in [6.45, 7) is 0. The third-order valence-electron chi connectivity index (χ3n) is 11.6. The van der Waals surface area contributed by atoms with E-state index in [0.717, 1.165) is 46.2 Å². The van der Waals surface area contributed by atoms with Gasteiger partial charge in [-0.2, -0.15) is 0 Å². The maximum atomic E-state index is 5.01. The monoisotopic (exact) mass is 715 g/mol. The van der Waals surface area contributed by atoms with Gasteiger partial charge in [0, 0.05) is 28.9 Å². The molecule has 0 N–H and O–H groups in total. The van der Waals surface area contributed by atoms with Crippen LogP contribution in [-0.2, 0) is 6.42 Å². The van der Waals surface area contributed by atoms with Crippen LogP contribution in [-0.4, -0.2) is 15.8 Å². The molecule has 2 aliphatic rings. The predicted molar refractivity (Wildman–Crippen MR) is 235 cm³/mol. The Morgan fingerprint density at radius 2 is 1.25 bits per heavy atom. The van der Waals surface area contributed by atoms with E-state index < -0.39 is 0 Å². The van der Waals surface area contributed by atoms with Crippen LogP contribution in [0.1, 0.15) is 34.7 Å². The SMILES string of the molecule is C1=Cc2c(c(-c3cccc(-c4ccccc4)c3)c3ccccc3c2-c2ccc(C3C=C(c4ccc5c(c4)c4cccnc4n5-c4ccccc4)C=N3)cc2)CC1. The Bertz CT molecular complexity index is 3060. The zero-order chi connectivity index (χ0) is 37.0. The van der Waals surface area contributed by atoms with Crippen molar-refractivity contribution >= 4 is 50.6 Å². The van der Waals surface area contributed by atoms with Gasteiger partial charge in [0.15, 0.2) is 0 Å². The van der Waals surface area contributed by atoms with Crippen molar-refractivity contribution in [2.75, 3.05) is 0 Å². The van der Waals surface area contributed by atoms with Gasteiger partial charge in [-0.05, 0) is 133 Å². The molecule has 0 bridgehead atoms. The summed E-state index contributed by atoms with van der Waals surface area (Å²) in [5, 5.41) is 4.93. The average molecular weight is 716 g/mol. The first kappa shape index (κ1) is 32.3. The van der Waals surface area contributed by atoms with E-state index in [1.165, 1.54) is 66.2 Å². The fourth-order valence-electron chi connectivity index (χ4n) is 8.99. The molecule has 0 spiro atoms. The van der Waals surface area contributed by atoms with Gasteiger partial charge in [0.1, 0.15) is 5.65 Å². The average Bonchev–Trinajstić information content (AvgIpc) is 3.90. The van der Waals surface area contributed by atoms with E-state index in [1.807, 2.05) is 18.5 Å². The van der Waals surface area contributed by atoms with Crippen LogP contribution in [0.4, 0.5) is 0 Å². The van der Waals surface area contributed by atoms with Crippen molar-refractivity contribution in [1.29, 1.82) is 0 Å². The first-order valence-corrected chi connectivity index (χ1v) is 19.5. The molecule has 0 radical (unpaired) electrons. The van der Waals surface area contributed by atoms with Gasteiger partial charge in [0.2, 0.25) is 0 Å². The molecule has 3 heterocycles. The van der Waals surface area contributed by atoms with Crippen LogP contribution in [0.5, 0.6) is 0 Å². The third-order valence-corrected chi connectivity index (χ3v) is 11.6. The molecule has 9 aromatic rings. The zero-order valence-corrected chi connectivity index (χ0v) is 30.8. The highest BCUT2D eigenvalue weighted by atomic mass is 15.0. The smallest absolute Gasteiger partial charge is 0.145 e. The Morgan fingerprint density at radius 3 is 2.09 bits per heavy atom. The molecule has 3 nitrogen and oxygen atoms in total. The number of rotatable bonds is 6. The molecular formula is C53H37N3.